The number of benzene rings is 1. The van der Waals surface area contributed by atoms with Crippen molar-refractivity contribution in [3.63, 3.8) is 0 Å². The second kappa shape index (κ2) is 3.13. The fraction of sp³-hybridized carbons (Fsp3) is 0.333. The Kier molecular flexibility index (Phi) is 1.98. The summed E-state index contributed by atoms with van der Waals surface area (Å²) in [4.78, 5) is 9.75. The molecule has 0 radical (unpaired) electrons. The lowest BCUT2D eigenvalue weighted by Gasteiger charge is -2.15. The van der Waals surface area contributed by atoms with Crippen molar-refractivity contribution in [2.75, 3.05) is 6.61 Å². The lowest BCUT2D eigenvalue weighted by atomic mass is 10.1. The molecule has 2 rings (SSSR count). The van der Waals surface area contributed by atoms with Crippen molar-refractivity contribution in [2.24, 2.45) is 0 Å². The maximum atomic E-state index is 8.87. The summed E-state index contributed by atoms with van der Waals surface area (Å²) in [6, 6.07) is 5.59. The van der Waals surface area contributed by atoms with Gasteiger partial charge >= 0.3 is 0 Å². The first-order chi connectivity index (χ1) is 5.90. The van der Waals surface area contributed by atoms with Gasteiger partial charge in [0, 0.05) is 12.0 Å². The van der Waals surface area contributed by atoms with Crippen LogP contribution in [0.2, 0.25) is 0 Å². The Morgan fingerprint density at radius 2 is 2.33 bits per heavy atom. The number of aliphatic hydroxyl groups excluding tert-OH is 1. The van der Waals surface area contributed by atoms with Crippen molar-refractivity contribution in [1.82, 2.24) is 0 Å². The lowest BCUT2D eigenvalue weighted by Crippen LogP contribution is -2.10. The maximum Gasteiger partial charge on any atom is 0.168 e. The summed E-state index contributed by atoms with van der Waals surface area (Å²) in [6.45, 7) is 0.663. The van der Waals surface area contributed by atoms with Crippen LogP contribution in [0.4, 0.5) is 0 Å². The minimum Gasteiger partial charge on any atom is -0.392 e. The molecule has 0 fully saturated rings. The molecule has 0 saturated heterocycles. The monoisotopic (exact) mass is 166 g/mol. The zero-order valence-electron chi connectivity index (χ0n) is 6.62. The van der Waals surface area contributed by atoms with E-state index in [1.165, 1.54) is 0 Å². The van der Waals surface area contributed by atoms with Gasteiger partial charge in [0.1, 0.15) is 0 Å². The Morgan fingerprint density at radius 3 is 3.17 bits per heavy atom. The molecule has 3 nitrogen and oxygen atoms in total. The zero-order valence-corrected chi connectivity index (χ0v) is 6.62. The summed E-state index contributed by atoms with van der Waals surface area (Å²) in [7, 11) is 0. The van der Waals surface area contributed by atoms with E-state index in [2.05, 4.69) is 0 Å². The minimum atomic E-state index is 0.0775. The first kappa shape index (κ1) is 7.58. The van der Waals surface area contributed by atoms with Gasteiger partial charge < -0.3 is 9.99 Å². The minimum absolute atomic E-state index is 0.0775. The number of hydrogen-bond donors (Lipinski definition) is 1. The average molecular weight is 166 g/mol. The molecule has 1 heterocycles. The van der Waals surface area contributed by atoms with Gasteiger partial charge in [0.15, 0.2) is 5.75 Å². The van der Waals surface area contributed by atoms with Crippen LogP contribution < -0.4 is 4.89 Å². The molecule has 0 unspecified atom stereocenters. The van der Waals surface area contributed by atoms with E-state index in [9.17, 15) is 0 Å². The third-order valence-corrected chi connectivity index (χ3v) is 1.91. The molecule has 12 heavy (non-hydrogen) atoms. The van der Waals surface area contributed by atoms with E-state index in [0.717, 1.165) is 23.3 Å². The third-order valence-electron chi connectivity index (χ3n) is 1.91. The second-order valence-electron chi connectivity index (χ2n) is 2.76. The summed E-state index contributed by atoms with van der Waals surface area (Å²) in [5.41, 5.74) is 2.02. The summed E-state index contributed by atoms with van der Waals surface area (Å²) in [6.07, 6.45) is 0.850. The van der Waals surface area contributed by atoms with E-state index >= 15 is 0 Å². The van der Waals surface area contributed by atoms with Crippen LogP contribution in [-0.4, -0.2) is 11.7 Å². The Morgan fingerprint density at radius 1 is 1.42 bits per heavy atom. The van der Waals surface area contributed by atoms with E-state index in [4.69, 9.17) is 14.9 Å². The quantitative estimate of drug-likeness (QED) is 0.633. The molecule has 64 valence electrons. The Labute approximate surface area is 70.5 Å². The van der Waals surface area contributed by atoms with Crippen LogP contribution in [0.1, 0.15) is 11.1 Å². The molecule has 0 spiro atoms. The molecule has 3 heteroatoms. The average Bonchev–Trinajstić information content (AvgIpc) is 2.17. The number of rotatable bonds is 1. The molecule has 1 aromatic carbocycles. The van der Waals surface area contributed by atoms with Crippen LogP contribution in [0, 0.1) is 0 Å². The van der Waals surface area contributed by atoms with Crippen molar-refractivity contribution in [3.8, 4) is 5.75 Å². The summed E-state index contributed by atoms with van der Waals surface area (Å²) < 4.78 is 0. The van der Waals surface area contributed by atoms with E-state index < -0.39 is 0 Å². The fourth-order valence-corrected chi connectivity index (χ4v) is 1.26. The van der Waals surface area contributed by atoms with Crippen LogP contribution in [0.5, 0.6) is 5.75 Å². The maximum absolute atomic E-state index is 8.87. The van der Waals surface area contributed by atoms with Crippen LogP contribution in [-0.2, 0) is 17.9 Å². The SMILES string of the molecule is OCc1ccc2c(c1)CCOO2. The van der Waals surface area contributed by atoms with Crippen molar-refractivity contribution in [3.05, 3.63) is 29.3 Å². The van der Waals surface area contributed by atoms with E-state index in [0.29, 0.717) is 6.61 Å². The molecular weight excluding hydrogens is 156 g/mol. The summed E-state index contributed by atoms with van der Waals surface area (Å²) in [5.74, 6) is 0.762. The Bertz CT molecular complexity index is 283. The molecule has 0 atom stereocenters. The molecule has 0 bridgehead atoms. The predicted molar refractivity (Wildman–Crippen MR) is 42.6 cm³/mol. The highest BCUT2D eigenvalue weighted by Gasteiger charge is 2.10. The van der Waals surface area contributed by atoms with Crippen LogP contribution in [0.15, 0.2) is 18.2 Å². The molecule has 1 aliphatic rings. The highest BCUT2D eigenvalue weighted by molar-refractivity contribution is 5.37. The highest BCUT2D eigenvalue weighted by Crippen LogP contribution is 2.24. The number of aliphatic hydroxyl groups is 1. The largest absolute Gasteiger partial charge is 0.392 e. The van der Waals surface area contributed by atoms with E-state index in [1.54, 1.807) is 0 Å². The molecule has 0 amide bonds. The van der Waals surface area contributed by atoms with Gasteiger partial charge in [-0.2, -0.15) is 4.89 Å². The van der Waals surface area contributed by atoms with Gasteiger partial charge in [-0.05, 0) is 17.7 Å². The summed E-state index contributed by atoms with van der Waals surface area (Å²) >= 11 is 0. The van der Waals surface area contributed by atoms with Gasteiger partial charge in [0.05, 0.1) is 13.2 Å². The van der Waals surface area contributed by atoms with Crippen molar-refractivity contribution >= 4 is 0 Å². The van der Waals surface area contributed by atoms with Gasteiger partial charge in [-0.1, -0.05) is 6.07 Å². The Hall–Kier alpha value is -1.06. The molecule has 1 aliphatic heterocycles. The highest BCUT2D eigenvalue weighted by atomic mass is 17.2. The van der Waals surface area contributed by atoms with Crippen molar-refractivity contribution in [2.45, 2.75) is 13.0 Å². The van der Waals surface area contributed by atoms with Crippen LogP contribution >= 0.6 is 0 Å². The lowest BCUT2D eigenvalue weighted by molar-refractivity contribution is -0.215. The molecule has 0 saturated carbocycles. The molecule has 1 N–H and O–H groups in total. The normalized spacial score (nSPS) is 15.1. The van der Waals surface area contributed by atoms with Crippen LogP contribution in [0.25, 0.3) is 0 Å². The Balaban J connectivity index is 2.36. The first-order valence-electron chi connectivity index (χ1n) is 3.92. The molecule has 0 aromatic heterocycles. The fourth-order valence-electron chi connectivity index (χ4n) is 1.26. The predicted octanol–water partition coefficient (Wildman–Crippen LogP) is 1.05. The van der Waals surface area contributed by atoms with Gasteiger partial charge in [-0.3, -0.25) is 0 Å². The van der Waals surface area contributed by atoms with E-state index in [-0.39, 0.29) is 6.61 Å². The van der Waals surface area contributed by atoms with Crippen LogP contribution in [0.3, 0.4) is 0 Å². The van der Waals surface area contributed by atoms with Gasteiger partial charge in [-0.15, -0.1) is 0 Å². The second-order valence-corrected chi connectivity index (χ2v) is 2.76. The number of hydrogen-bond acceptors (Lipinski definition) is 3. The topological polar surface area (TPSA) is 38.7 Å². The smallest absolute Gasteiger partial charge is 0.168 e. The van der Waals surface area contributed by atoms with Gasteiger partial charge in [0.2, 0.25) is 0 Å². The van der Waals surface area contributed by atoms with Gasteiger partial charge in [0.25, 0.3) is 0 Å². The number of fused-ring (bicyclic) bond motifs is 1. The van der Waals surface area contributed by atoms with Gasteiger partial charge in [-0.25, -0.2) is 0 Å². The standard InChI is InChI=1S/C9H10O3/c10-6-7-1-2-9-8(5-7)3-4-11-12-9/h1-2,5,10H,3-4,6H2. The van der Waals surface area contributed by atoms with Crippen molar-refractivity contribution in [1.29, 1.82) is 0 Å². The van der Waals surface area contributed by atoms with E-state index in [1.807, 2.05) is 18.2 Å². The molecular formula is C9H10O3. The van der Waals surface area contributed by atoms with Crippen molar-refractivity contribution < 1.29 is 14.9 Å². The third kappa shape index (κ3) is 1.29. The first-order valence-corrected chi connectivity index (χ1v) is 3.92. The molecule has 1 aromatic rings. The zero-order chi connectivity index (χ0) is 8.39. The molecule has 0 aliphatic carbocycles. The summed E-state index contributed by atoms with van der Waals surface area (Å²) in [5, 5.41) is 8.87.